The van der Waals surface area contributed by atoms with Crippen LogP contribution in [0.15, 0.2) is 158 Å². The molecule has 1 aliphatic rings. The van der Waals surface area contributed by atoms with Crippen molar-refractivity contribution in [3.63, 3.8) is 0 Å². The average molecular weight is 564 g/mol. The molecule has 0 unspecified atom stereocenters. The first-order valence-electron chi connectivity index (χ1n) is 15.4. The summed E-state index contributed by atoms with van der Waals surface area (Å²) in [5.41, 5.74) is 15.1. The molecule has 0 saturated carbocycles. The lowest BCUT2D eigenvalue weighted by Crippen LogP contribution is -2.14. The predicted molar refractivity (Wildman–Crippen MR) is 188 cm³/mol. The number of anilines is 2. The highest BCUT2D eigenvalue weighted by Gasteiger charge is 2.35. The molecule has 1 aliphatic carbocycles. The largest absolute Gasteiger partial charge is 0.356 e. The Morgan fingerprint density at radius 2 is 0.955 bits per heavy atom. The molecule has 0 amide bonds. The maximum absolute atomic E-state index is 3.65. The van der Waals surface area contributed by atoms with Gasteiger partial charge in [0.05, 0.1) is 0 Å². The summed E-state index contributed by atoms with van der Waals surface area (Å²) in [4.78, 5) is 0. The van der Waals surface area contributed by atoms with E-state index in [4.69, 9.17) is 0 Å². The predicted octanol–water partition coefficient (Wildman–Crippen LogP) is 11.9. The number of rotatable bonds is 5. The fourth-order valence-corrected chi connectivity index (χ4v) is 7.02. The van der Waals surface area contributed by atoms with E-state index < -0.39 is 0 Å². The van der Waals surface area contributed by atoms with Gasteiger partial charge in [-0.05, 0) is 96.7 Å². The Bertz CT molecular complexity index is 2150. The Morgan fingerprint density at radius 1 is 0.386 bits per heavy atom. The maximum atomic E-state index is 3.65. The van der Waals surface area contributed by atoms with Gasteiger partial charge in [0.25, 0.3) is 0 Å². The van der Waals surface area contributed by atoms with Gasteiger partial charge in [0.1, 0.15) is 0 Å². The standard InChI is InChI=1S/C43H33N/c1-43(2)40-20-7-6-17-38(40)39-28-33(23-26-41(39)43)32-15-8-16-35(27-32)44-34-24-21-30(22-25-34)37-19-10-14-31-13-9-18-36(42(31)37)29-11-4-3-5-12-29/h3-28,44H,1-2H3. The summed E-state index contributed by atoms with van der Waals surface area (Å²) in [7, 11) is 0. The van der Waals surface area contributed by atoms with Crippen molar-refractivity contribution >= 4 is 22.1 Å². The first-order chi connectivity index (χ1) is 21.6. The van der Waals surface area contributed by atoms with Gasteiger partial charge in [-0.3, -0.25) is 0 Å². The van der Waals surface area contributed by atoms with E-state index in [0.717, 1.165) is 11.4 Å². The molecule has 1 heteroatoms. The van der Waals surface area contributed by atoms with Crippen molar-refractivity contribution in [3.8, 4) is 44.5 Å². The summed E-state index contributed by atoms with van der Waals surface area (Å²) in [5.74, 6) is 0. The molecule has 44 heavy (non-hydrogen) atoms. The molecule has 0 atom stereocenters. The van der Waals surface area contributed by atoms with Crippen LogP contribution in [0.5, 0.6) is 0 Å². The highest BCUT2D eigenvalue weighted by molar-refractivity contribution is 6.06. The summed E-state index contributed by atoms with van der Waals surface area (Å²) in [6, 6.07) is 57.2. The Hall–Kier alpha value is -5.40. The van der Waals surface area contributed by atoms with Crippen LogP contribution in [0.25, 0.3) is 55.3 Å². The van der Waals surface area contributed by atoms with Gasteiger partial charge in [-0.1, -0.05) is 141 Å². The minimum absolute atomic E-state index is 0.0230. The molecular formula is C43H33N. The van der Waals surface area contributed by atoms with Crippen LogP contribution in [0.1, 0.15) is 25.0 Å². The van der Waals surface area contributed by atoms with Crippen LogP contribution in [0.3, 0.4) is 0 Å². The van der Waals surface area contributed by atoms with Crippen LogP contribution in [0, 0.1) is 0 Å². The molecule has 1 N–H and O–H groups in total. The first-order valence-corrected chi connectivity index (χ1v) is 15.4. The lowest BCUT2D eigenvalue weighted by atomic mass is 9.82. The van der Waals surface area contributed by atoms with Crippen LogP contribution in [-0.4, -0.2) is 0 Å². The number of benzene rings is 7. The summed E-state index contributed by atoms with van der Waals surface area (Å²) >= 11 is 0. The Labute approximate surface area is 259 Å². The number of fused-ring (bicyclic) bond motifs is 4. The summed E-state index contributed by atoms with van der Waals surface area (Å²) in [6.45, 7) is 4.66. The van der Waals surface area contributed by atoms with Crippen LogP contribution in [0.4, 0.5) is 11.4 Å². The lowest BCUT2D eigenvalue weighted by molar-refractivity contribution is 0.660. The third-order valence-electron chi connectivity index (χ3n) is 9.25. The van der Waals surface area contributed by atoms with E-state index in [-0.39, 0.29) is 5.41 Å². The van der Waals surface area contributed by atoms with Crippen molar-refractivity contribution in [1.29, 1.82) is 0 Å². The third-order valence-corrected chi connectivity index (χ3v) is 9.25. The highest BCUT2D eigenvalue weighted by Crippen LogP contribution is 2.49. The Balaban J connectivity index is 1.09. The van der Waals surface area contributed by atoms with E-state index >= 15 is 0 Å². The van der Waals surface area contributed by atoms with Gasteiger partial charge in [0.15, 0.2) is 0 Å². The molecule has 1 nitrogen and oxygen atoms in total. The van der Waals surface area contributed by atoms with Crippen molar-refractivity contribution in [2.75, 3.05) is 5.32 Å². The molecular weight excluding hydrogens is 530 g/mol. The molecule has 0 aromatic heterocycles. The summed E-state index contributed by atoms with van der Waals surface area (Å²) < 4.78 is 0. The van der Waals surface area contributed by atoms with Gasteiger partial charge >= 0.3 is 0 Å². The zero-order valence-electron chi connectivity index (χ0n) is 25.0. The van der Waals surface area contributed by atoms with E-state index in [1.807, 2.05) is 0 Å². The average Bonchev–Trinajstić information content (AvgIpc) is 3.31. The second-order valence-electron chi connectivity index (χ2n) is 12.3. The molecule has 210 valence electrons. The molecule has 8 rings (SSSR count). The number of nitrogens with one attached hydrogen (secondary N) is 1. The van der Waals surface area contributed by atoms with Crippen molar-refractivity contribution < 1.29 is 0 Å². The van der Waals surface area contributed by atoms with Gasteiger partial charge in [0, 0.05) is 16.8 Å². The Morgan fingerprint density at radius 3 is 1.73 bits per heavy atom. The second kappa shape index (κ2) is 10.4. The van der Waals surface area contributed by atoms with Crippen molar-refractivity contribution in [2.24, 2.45) is 0 Å². The van der Waals surface area contributed by atoms with Gasteiger partial charge < -0.3 is 5.32 Å². The minimum Gasteiger partial charge on any atom is -0.356 e. The molecule has 0 saturated heterocycles. The van der Waals surface area contributed by atoms with Crippen molar-refractivity contribution in [3.05, 3.63) is 169 Å². The van der Waals surface area contributed by atoms with E-state index in [2.05, 4.69) is 177 Å². The van der Waals surface area contributed by atoms with Gasteiger partial charge in [-0.25, -0.2) is 0 Å². The second-order valence-corrected chi connectivity index (χ2v) is 12.3. The van der Waals surface area contributed by atoms with E-state index in [1.165, 1.54) is 66.4 Å². The molecule has 0 fully saturated rings. The normalized spacial score (nSPS) is 13.0. The van der Waals surface area contributed by atoms with Crippen LogP contribution >= 0.6 is 0 Å². The topological polar surface area (TPSA) is 12.0 Å². The molecule has 0 bridgehead atoms. The molecule has 7 aromatic rings. The third kappa shape index (κ3) is 4.41. The Kier molecular flexibility index (Phi) is 6.20. The fourth-order valence-electron chi connectivity index (χ4n) is 7.02. The van der Waals surface area contributed by atoms with Crippen LogP contribution in [0.2, 0.25) is 0 Å². The van der Waals surface area contributed by atoms with E-state index in [0.29, 0.717) is 0 Å². The van der Waals surface area contributed by atoms with Gasteiger partial charge in [-0.2, -0.15) is 0 Å². The van der Waals surface area contributed by atoms with Crippen LogP contribution in [-0.2, 0) is 5.41 Å². The number of hydrogen-bond acceptors (Lipinski definition) is 1. The molecule has 0 aliphatic heterocycles. The highest BCUT2D eigenvalue weighted by atomic mass is 14.9. The minimum atomic E-state index is 0.0230. The molecule has 0 radical (unpaired) electrons. The first kappa shape index (κ1) is 26.2. The SMILES string of the molecule is CC1(C)c2ccccc2-c2cc(-c3cccc(Nc4ccc(-c5cccc6cccc(-c7ccccc7)c56)cc4)c3)ccc21. The quantitative estimate of drug-likeness (QED) is 0.220. The van der Waals surface area contributed by atoms with Gasteiger partial charge in [0.2, 0.25) is 0 Å². The zero-order valence-corrected chi connectivity index (χ0v) is 25.0. The summed E-state index contributed by atoms with van der Waals surface area (Å²) in [5, 5.41) is 6.19. The lowest BCUT2D eigenvalue weighted by Gasteiger charge is -2.21. The molecule has 0 heterocycles. The van der Waals surface area contributed by atoms with Crippen LogP contribution < -0.4 is 5.32 Å². The zero-order chi connectivity index (χ0) is 29.7. The van der Waals surface area contributed by atoms with E-state index in [1.54, 1.807) is 0 Å². The smallest absolute Gasteiger partial charge is 0.0390 e. The van der Waals surface area contributed by atoms with Crippen molar-refractivity contribution in [1.82, 2.24) is 0 Å². The van der Waals surface area contributed by atoms with Gasteiger partial charge in [-0.15, -0.1) is 0 Å². The number of hydrogen-bond donors (Lipinski definition) is 1. The molecule has 7 aromatic carbocycles. The van der Waals surface area contributed by atoms with E-state index in [9.17, 15) is 0 Å². The monoisotopic (exact) mass is 563 g/mol. The van der Waals surface area contributed by atoms with Crippen molar-refractivity contribution in [2.45, 2.75) is 19.3 Å². The summed E-state index contributed by atoms with van der Waals surface area (Å²) in [6.07, 6.45) is 0. The maximum Gasteiger partial charge on any atom is 0.0390 e. The molecule has 0 spiro atoms. The fraction of sp³-hybridized carbons (Fsp3) is 0.0698.